The summed E-state index contributed by atoms with van der Waals surface area (Å²) in [7, 11) is 1.91. The first-order valence-corrected chi connectivity index (χ1v) is 7.29. The van der Waals surface area contributed by atoms with Crippen molar-refractivity contribution in [1.82, 2.24) is 20.1 Å². The van der Waals surface area contributed by atoms with Gasteiger partial charge in [0, 0.05) is 24.5 Å². The Morgan fingerprint density at radius 2 is 2.21 bits per heavy atom. The number of hydrogen-bond donors (Lipinski definition) is 1. The molecule has 102 valence electrons. The van der Waals surface area contributed by atoms with Crippen molar-refractivity contribution in [2.24, 2.45) is 7.05 Å². The Labute approximate surface area is 122 Å². The Morgan fingerprint density at radius 1 is 1.42 bits per heavy atom. The monoisotopic (exact) mass is 296 g/mol. The second kappa shape index (κ2) is 6.41. The van der Waals surface area contributed by atoms with Gasteiger partial charge in [-0.25, -0.2) is 0 Å². The van der Waals surface area contributed by atoms with E-state index in [1.165, 1.54) is 17.3 Å². The van der Waals surface area contributed by atoms with Gasteiger partial charge in [0.2, 0.25) is 0 Å². The fourth-order valence-corrected chi connectivity index (χ4v) is 2.61. The Kier molecular flexibility index (Phi) is 4.85. The van der Waals surface area contributed by atoms with Gasteiger partial charge in [0.25, 0.3) is 0 Å². The van der Waals surface area contributed by atoms with Gasteiger partial charge < -0.3 is 9.88 Å². The van der Waals surface area contributed by atoms with Crippen molar-refractivity contribution >= 4 is 23.4 Å². The maximum atomic E-state index is 6.31. The van der Waals surface area contributed by atoms with Crippen LogP contribution in [0.1, 0.15) is 19.4 Å². The lowest BCUT2D eigenvalue weighted by Crippen LogP contribution is -2.21. The van der Waals surface area contributed by atoms with Crippen LogP contribution in [0.15, 0.2) is 34.6 Å². The minimum Gasteiger partial charge on any atom is -0.311 e. The molecule has 0 atom stereocenters. The number of nitrogens with zero attached hydrogens (tertiary/aromatic N) is 3. The fraction of sp³-hybridized carbons (Fsp3) is 0.385. The maximum absolute atomic E-state index is 6.31. The Bertz CT molecular complexity index is 553. The van der Waals surface area contributed by atoms with Crippen molar-refractivity contribution in [2.45, 2.75) is 36.5 Å². The summed E-state index contributed by atoms with van der Waals surface area (Å²) in [5, 5.41) is 12.8. The molecule has 0 aliphatic carbocycles. The van der Waals surface area contributed by atoms with Gasteiger partial charge in [-0.05, 0) is 29.5 Å². The van der Waals surface area contributed by atoms with Crippen molar-refractivity contribution in [3.8, 4) is 0 Å². The molecule has 0 fully saturated rings. The summed E-state index contributed by atoms with van der Waals surface area (Å²) in [6.07, 6.45) is 1.68. The van der Waals surface area contributed by atoms with E-state index in [0.29, 0.717) is 6.04 Å². The molecular formula is C13H17ClN4S. The number of halogens is 1. The third-order valence-electron chi connectivity index (χ3n) is 2.58. The SMILES string of the molecule is CC(C)NCc1ccc(Sc2nncn2C)c(Cl)c1. The van der Waals surface area contributed by atoms with Gasteiger partial charge in [0.15, 0.2) is 5.16 Å². The molecule has 0 unspecified atom stereocenters. The molecule has 6 heteroatoms. The number of aromatic nitrogens is 3. The number of benzene rings is 1. The van der Waals surface area contributed by atoms with Crippen LogP contribution in [0.5, 0.6) is 0 Å². The summed E-state index contributed by atoms with van der Waals surface area (Å²) < 4.78 is 1.87. The normalized spacial score (nSPS) is 11.2. The first kappa shape index (κ1) is 14.4. The molecule has 0 aliphatic rings. The lowest BCUT2D eigenvalue weighted by molar-refractivity contribution is 0.588. The van der Waals surface area contributed by atoms with E-state index in [0.717, 1.165) is 21.6 Å². The number of aryl methyl sites for hydroxylation is 1. The van der Waals surface area contributed by atoms with Crippen LogP contribution in [0.3, 0.4) is 0 Å². The molecule has 0 spiro atoms. The van der Waals surface area contributed by atoms with Gasteiger partial charge >= 0.3 is 0 Å². The minimum absolute atomic E-state index is 0.464. The van der Waals surface area contributed by atoms with E-state index >= 15 is 0 Å². The average Bonchev–Trinajstić information content (AvgIpc) is 2.75. The van der Waals surface area contributed by atoms with Crippen molar-refractivity contribution < 1.29 is 0 Å². The first-order valence-electron chi connectivity index (χ1n) is 6.10. The van der Waals surface area contributed by atoms with Crippen LogP contribution in [0, 0.1) is 0 Å². The third kappa shape index (κ3) is 3.96. The van der Waals surface area contributed by atoms with E-state index < -0.39 is 0 Å². The summed E-state index contributed by atoms with van der Waals surface area (Å²) in [4.78, 5) is 0.992. The summed E-state index contributed by atoms with van der Waals surface area (Å²) >= 11 is 7.83. The zero-order valence-electron chi connectivity index (χ0n) is 11.2. The highest BCUT2D eigenvalue weighted by atomic mass is 35.5. The van der Waals surface area contributed by atoms with Crippen LogP contribution in [0.2, 0.25) is 5.02 Å². The van der Waals surface area contributed by atoms with Crippen molar-refractivity contribution in [3.63, 3.8) is 0 Å². The predicted octanol–water partition coefficient (Wildman–Crippen LogP) is 3.12. The molecule has 1 aromatic heterocycles. The lowest BCUT2D eigenvalue weighted by atomic mass is 10.2. The molecule has 19 heavy (non-hydrogen) atoms. The molecule has 0 amide bonds. The topological polar surface area (TPSA) is 42.7 Å². The van der Waals surface area contributed by atoms with Gasteiger partial charge in [-0.3, -0.25) is 0 Å². The zero-order valence-corrected chi connectivity index (χ0v) is 12.8. The van der Waals surface area contributed by atoms with Crippen LogP contribution in [-0.4, -0.2) is 20.8 Å². The molecule has 0 aliphatic heterocycles. The highest BCUT2D eigenvalue weighted by Gasteiger charge is 2.08. The number of hydrogen-bond acceptors (Lipinski definition) is 4. The fourth-order valence-electron chi connectivity index (χ4n) is 1.52. The highest BCUT2D eigenvalue weighted by molar-refractivity contribution is 7.99. The molecular weight excluding hydrogens is 280 g/mol. The molecule has 0 saturated heterocycles. The van der Waals surface area contributed by atoms with Crippen LogP contribution >= 0.6 is 23.4 Å². The minimum atomic E-state index is 0.464. The van der Waals surface area contributed by atoms with Crippen LogP contribution in [-0.2, 0) is 13.6 Å². The smallest absolute Gasteiger partial charge is 0.195 e. The van der Waals surface area contributed by atoms with Crippen molar-refractivity contribution in [2.75, 3.05) is 0 Å². The molecule has 2 aromatic rings. The van der Waals surface area contributed by atoms with Crippen LogP contribution in [0.4, 0.5) is 0 Å². The van der Waals surface area contributed by atoms with E-state index in [2.05, 4.69) is 35.4 Å². The molecule has 2 rings (SSSR count). The Hall–Kier alpha value is -1.04. The van der Waals surface area contributed by atoms with E-state index in [1.807, 2.05) is 23.7 Å². The zero-order chi connectivity index (χ0) is 13.8. The van der Waals surface area contributed by atoms with E-state index in [9.17, 15) is 0 Å². The van der Waals surface area contributed by atoms with E-state index in [-0.39, 0.29) is 0 Å². The van der Waals surface area contributed by atoms with Crippen LogP contribution in [0.25, 0.3) is 0 Å². The van der Waals surface area contributed by atoms with Gasteiger partial charge in [-0.2, -0.15) is 0 Å². The van der Waals surface area contributed by atoms with Crippen LogP contribution < -0.4 is 5.32 Å². The van der Waals surface area contributed by atoms with Gasteiger partial charge in [0.05, 0.1) is 5.02 Å². The van der Waals surface area contributed by atoms with E-state index in [4.69, 9.17) is 11.6 Å². The molecule has 0 bridgehead atoms. The molecule has 1 heterocycles. The van der Waals surface area contributed by atoms with Gasteiger partial charge in [-0.15, -0.1) is 10.2 Å². The second-order valence-corrected chi connectivity index (χ2v) is 6.04. The quantitative estimate of drug-likeness (QED) is 0.920. The van der Waals surface area contributed by atoms with Gasteiger partial charge in [0.1, 0.15) is 6.33 Å². The first-order chi connectivity index (χ1) is 9.06. The van der Waals surface area contributed by atoms with E-state index in [1.54, 1.807) is 6.33 Å². The van der Waals surface area contributed by atoms with Crippen molar-refractivity contribution in [1.29, 1.82) is 0 Å². The maximum Gasteiger partial charge on any atom is 0.195 e. The second-order valence-electron chi connectivity index (χ2n) is 4.63. The molecule has 1 N–H and O–H groups in total. The summed E-state index contributed by atoms with van der Waals surface area (Å²) in [5.74, 6) is 0. The Balaban J connectivity index is 2.09. The van der Waals surface area contributed by atoms with Gasteiger partial charge in [-0.1, -0.05) is 31.5 Å². The molecule has 4 nitrogen and oxygen atoms in total. The number of rotatable bonds is 5. The molecule has 0 radical (unpaired) electrons. The third-order valence-corrected chi connectivity index (χ3v) is 4.13. The summed E-state index contributed by atoms with van der Waals surface area (Å²) in [6.45, 7) is 5.08. The lowest BCUT2D eigenvalue weighted by Gasteiger charge is -2.10. The summed E-state index contributed by atoms with van der Waals surface area (Å²) in [6, 6.07) is 6.57. The average molecular weight is 297 g/mol. The summed E-state index contributed by atoms with van der Waals surface area (Å²) in [5.41, 5.74) is 1.18. The number of nitrogens with one attached hydrogen (secondary N) is 1. The predicted molar refractivity (Wildman–Crippen MR) is 78.6 cm³/mol. The molecule has 1 aromatic carbocycles. The Morgan fingerprint density at radius 3 is 2.79 bits per heavy atom. The molecule has 0 saturated carbocycles. The van der Waals surface area contributed by atoms with Crippen molar-refractivity contribution in [3.05, 3.63) is 35.1 Å². The standard InChI is InChI=1S/C13H17ClN4S/c1-9(2)15-7-10-4-5-12(11(14)6-10)19-13-17-16-8-18(13)3/h4-6,8-9,15H,7H2,1-3H3. The highest BCUT2D eigenvalue weighted by Crippen LogP contribution is 2.32. The largest absolute Gasteiger partial charge is 0.311 e.